The van der Waals surface area contributed by atoms with Crippen LogP contribution in [0.4, 0.5) is 5.69 Å². The van der Waals surface area contributed by atoms with Crippen LogP contribution >= 0.6 is 21.6 Å². The second-order valence-corrected chi connectivity index (χ2v) is 5.39. The van der Waals surface area contributed by atoms with Crippen molar-refractivity contribution in [1.82, 2.24) is 4.98 Å². The van der Waals surface area contributed by atoms with Gasteiger partial charge in [-0.3, -0.25) is 10.1 Å². The monoisotopic (exact) mass is 246 g/mol. The van der Waals surface area contributed by atoms with E-state index >= 15 is 0 Å². The van der Waals surface area contributed by atoms with E-state index in [1.54, 1.807) is 0 Å². The molecule has 0 spiro atoms. The minimum absolute atomic E-state index is 0.000129. The molecule has 1 heterocycles. The van der Waals surface area contributed by atoms with Crippen molar-refractivity contribution in [2.24, 2.45) is 0 Å². The number of pyridine rings is 1. The lowest BCUT2D eigenvalue weighted by molar-refractivity contribution is -0.388. The largest absolute Gasteiger partial charge is 0.395 e. The first-order chi connectivity index (χ1) is 7.15. The quantitative estimate of drug-likeness (QED) is 0.487. The molecule has 1 rings (SSSR count). The summed E-state index contributed by atoms with van der Waals surface area (Å²) in [5, 5.41) is 19.8. The summed E-state index contributed by atoms with van der Waals surface area (Å²) in [5.74, 6) is 0. The molecule has 1 atom stereocenters. The number of hydrogen-bond donors (Lipinski definition) is 1. The molecule has 1 aromatic heterocycles. The van der Waals surface area contributed by atoms with Crippen LogP contribution in [-0.4, -0.2) is 26.9 Å². The minimum Gasteiger partial charge on any atom is -0.395 e. The van der Waals surface area contributed by atoms with Crippen molar-refractivity contribution in [3.63, 3.8) is 0 Å². The highest BCUT2D eigenvalue weighted by atomic mass is 33.1. The third-order valence-electron chi connectivity index (χ3n) is 1.50. The van der Waals surface area contributed by atoms with Gasteiger partial charge < -0.3 is 5.11 Å². The van der Waals surface area contributed by atoms with Crippen molar-refractivity contribution in [2.75, 3.05) is 6.61 Å². The van der Waals surface area contributed by atoms with E-state index in [1.165, 1.54) is 39.9 Å². The standard InChI is InChI=1S/C8H10N2O3S2/c1-6(5-11)14-15-8-7(10(12)13)3-2-4-9-8/h2-4,6,11H,5H2,1H3. The van der Waals surface area contributed by atoms with E-state index in [2.05, 4.69) is 4.98 Å². The summed E-state index contributed by atoms with van der Waals surface area (Å²) in [6, 6.07) is 2.95. The number of hydrogen-bond acceptors (Lipinski definition) is 6. The Hall–Kier alpha value is -0.790. The third kappa shape index (κ3) is 3.69. The molecule has 0 bridgehead atoms. The molecule has 0 aromatic carbocycles. The lowest BCUT2D eigenvalue weighted by atomic mass is 10.4. The molecular weight excluding hydrogens is 236 g/mol. The fourth-order valence-corrected chi connectivity index (χ4v) is 2.73. The molecule has 7 heteroatoms. The molecule has 1 unspecified atom stereocenters. The molecule has 5 nitrogen and oxygen atoms in total. The number of rotatable bonds is 5. The zero-order valence-corrected chi connectivity index (χ0v) is 9.62. The van der Waals surface area contributed by atoms with Gasteiger partial charge in [0.05, 0.1) is 11.5 Å². The van der Waals surface area contributed by atoms with Gasteiger partial charge in [0.2, 0.25) is 0 Å². The fraction of sp³-hybridized carbons (Fsp3) is 0.375. The lowest BCUT2D eigenvalue weighted by Gasteiger charge is -2.05. The van der Waals surface area contributed by atoms with Gasteiger partial charge in [0.1, 0.15) is 0 Å². The molecule has 0 amide bonds. The van der Waals surface area contributed by atoms with E-state index in [0.717, 1.165) is 0 Å². The van der Waals surface area contributed by atoms with Crippen LogP contribution in [0.2, 0.25) is 0 Å². The molecule has 0 fully saturated rings. The molecule has 0 aliphatic heterocycles. The second kappa shape index (κ2) is 5.94. The molecule has 0 saturated carbocycles. The van der Waals surface area contributed by atoms with Crippen LogP contribution in [-0.2, 0) is 0 Å². The van der Waals surface area contributed by atoms with Gasteiger partial charge in [-0.1, -0.05) is 17.7 Å². The predicted molar refractivity (Wildman–Crippen MR) is 60.9 cm³/mol. The Kier molecular flexibility index (Phi) is 4.86. The first kappa shape index (κ1) is 12.3. The van der Waals surface area contributed by atoms with Crippen LogP contribution in [0.5, 0.6) is 0 Å². The lowest BCUT2D eigenvalue weighted by Crippen LogP contribution is -2.00. The van der Waals surface area contributed by atoms with Crippen molar-refractivity contribution >= 4 is 27.3 Å². The van der Waals surface area contributed by atoms with Gasteiger partial charge in [0, 0.05) is 17.5 Å². The molecule has 0 aliphatic rings. The highest BCUT2D eigenvalue weighted by molar-refractivity contribution is 8.76. The van der Waals surface area contributed by atoms with Crippen LogP contribution in [0.3, 0.4) is 0 Å². The summed E-state index contributed by atoms with van der Waals surface area (Å²) in [4.78, 5) is 14.1. The van der Waals surface area contributed by atoms with E-state index in [9.17, 15) is 10.1 Å². The van der Waals surface area contributed by atoms with E-state index in [-0.39, 0.29) is 17.5 Å². The molecule has 1 aromatic rings. The van der Waals surface area contributed by atoms with E-state index in [4.69, 9.17) is 5.11 Å². The number of aliphatic hydroxyl groups excluding tert-OH is 1. The van der Waals surface area contributed by atoms with Gasteiger partial charge in [-0.2, -0.15) is 0 Å². The maximum absolute atomic E-state index is 10.6. The van der Waals surface area contributed by atoms with Crippen LogP contribution in [0.15, 0.2) is 23.4 Å². The van der Waals surface area contributed by atoms with Crippen LogP contribution < -0.4 is 0 Å². The summed E-state index contributed by atoms with van der Waals surface area (Å²) in [5.41, 5.74) is 0.000129. The molecule has 1 N–H and O–H groups in total. The van der Waals surface area contributed by atoms with Crippen molar-refractivity contribution in [1.29, 1.82) is 0 Å². The van der Waals surface area contributed by atoms with E-state index < -0.39 is 4.92 Å². The Labute approximate surface area is 94.8 Å². The maximum Gasteiger partial charge on any atom is 0.302 e. The normalized spacial score (nSPS) is 12.4. The summed E-state index contributed by atoms with van der Waals surface area (Å²) < 4.78 is 0. The average Bonchev–Trinajstić information content (AvgIpc) is 2.26. The zero-order valence-electron chi connectivity index (χ0n) is 7.99. The average molecular weight is 246 g/mol. The Balaban J connectivity index is 2.72. The maximum atomic E-state index is 10.6. The zero-order chi connectivity index (χ0) is 11.3. The molecule has 82 valence electrons. The van der Waals surface area contributed by atoms with Gasteiger partial charge in [0.15, 0.2) is 5.03 Å². The van der Waals surface area contributed by atoms with E-state index in [0.29, 0.717) is 5.03 Å². The Morgan fingerprint density at radius 2 is 2.47 bits per heavy atom. The first-order valence-electron chi connectivity index (χ1n) is 4.18. The molecule has 0 saturated heterocycles. The number of aliphatic hydroxyl groups is 1. The smallest absolute Gasteiger partial charge is 0.302 e. The van der Waals surface area contributed by atoms with Gasteiger partial charge in [-0.05, 0) is 16.9 Å². The Morgan fingerprint density at radius 1 is 1.73 bits per heavy atom. The molecule has 0 aliphatic carbocycles. The Bertz CT molecular complexity index is 348. The van der Waals surface area contributed by atoms with Crippen LogP contribution in [0.1, 0.15) is 6.92 Å². The van der Waals surface area contributed by atoms with Gasteiger partial charge in [0.25, 0.3) is 0 Å². The predicted octanol–water partition coefficient (Wildman–Crippen LogP) is 2.11. The van der Waals surface area contributed by atoms with E-state index in [1.807, 2.05) is 6.92 Å². The molecule has 0 radical (unpaired) electrons. The van der Waals surface area contributed by atoms with Crippen molar-refractivity contribution in [3.8, 4) is 0 Å². The highest BCUT2D eigenvalue weighted by Gasteiger charge is 2.15. The second-order valence-electron chi connectivity index (χ2n) is 2.76. The van der Waals surface area contributed by atoms with Crippen LogP contribution in [0, 0.1) is 10.1 Å². The first-order valence-corrected chi connectivity index (χ1v) is 6.40. The van der Waals surface area contributed by atoms with Gasteiger partial charge >= 0.3 is 5.69 Å². The molecule has 15 heavy (non-hydrogen) atoms. The third-order valence-corrected chi connectivity index (χ3v) is 4.29. The number of nitrogens with zero attached hydrogens (tertiary/aromatic N) is 2. The summed E-state index contributed by atoms with van der Waals surface area (Å²) in [6.45, 7) is 1.88. The van der Waals surface area contributed by atoms with Crippen molar-refractivity contribution in [3.05, 3.63) is 28.4 Å². The van der Waals surface area contributed by atoms with Crippen LogP contribution in [0.25, 0.3) is 0 Å². The van der Waals surface area contributed by atoms with Crippen molar-refractivity contribution < 1.29 is 10.0 Å². The van der Waals surface area contributed by atoms with Gasteiger partial charge in [-0.25, -0.2) is 4.98 Å². The topological polar surface area (TPSA) is 76.3 Å². The SMILES string of the molecule is CC(CO)SSc1ncccc1[N+](=O)[O-]. The fourth-order valence-electron chi connectivity index (χ4n) is 0.744. The summed E-state index contributed by atoms with van der Waals surface area (Å²) >= 11 is 0. The summed E-state index contributed by atoms with van der Waals surface area (Å²) in [6.07, 6.45) is 1.51. The summed E-state index contributed by atoms with van der Waals surface area (Å²) in [7, 11) is 2.57. The van der Waals surface area contributed by atoms with Gasteiger partial charge in [-0.15, -0.1) is 0 Å². The highest BCUT2D eigenvalue weighted by Crippen LogP contribution is 2.37. The molecular formula is C8H10N2O3S2. The number of aromatic nitrogens is 1. The Morgan fingerprint density at radius 3 is 3.07 bits per heavy atom. The number of nitro groups is 1. The minimum atomic E-state index is -0.459. The van der Waals surface area contributed by atoms with Crippen molar-refractivity contribution in [2.45, 2.75) is 17.2 Å².